The largest absolute Gasteiger partial charge is 0.462 e. The minimum Gasteiger partial charge on any atom is -0.462 e. The quantitative estimate of drug-likeness (QED) is 0.252. The molecule has 33 heavy (non-hydrogen) atoms. The summed E-state index contributed by atoms with van der Waals surface area (Å²) in [6, 6.07) is 27.5. The summed E-state index contributed by atoms with van der Waals surface area (Å²) in [6.07, 6.45) is 4.25. The summed E-state index contributed by atoms with van der Waals surface area (Å²) in [7, 11) is 0. The van der Waals surface area contributed by atoms with E-state index in [2.05, 4.69) is 67.3 Å². The lowest BCUT2D eigenvalue weighted by Gasteiger charge is -2.47. The van der Waals surface area contributed by atoms with Crippen molar-refractivity contribution in [2.24, 2.45) is 0 Å². The number of rotatable bonds is 2. The fourth-order valence-corrected chi connectivity index (χ4v) is 5.31. The molecule has 6 rings (SSSR count). The Morgan fingerprint density at radius 1 is 0.909 bits per heavy atom. The normalized spacial score (nSPS) is 19.9. The second-order valence-electron chi connectivity index (χ2n) is 9.08. The second kappa shape index (κ2) is 6.69. The molecular weight excluding hydrogens is 412 g/mol. The van der Waals surface area contributed by atoms with Gasteiger partial charge in [0.15, 0.2) is 0 Å². The Hall–Kier alpha value is -4.12. The smallest absolute Gasteiger partial charge is 0.270 e. The highest BCUT2D eigenvalue weighted by Gasteiger charge is 2.59. The van der Waals surface area contributed by atoms with Crippen LogP contribution >= 0.6 is 0 Å². The molecule has 0 amide bonds. The zero-order valence-corrected chi connectivity index (χ0v) is 18.4. The van der Waals surface area contributed by atoms with Gasteiger partial charge < -0.3 is 4.74 Å². The number of nitro groups is 1. The van der Waals surface area contributed by atoms with Crippen LogP contribution in [-0.2, 0) is 5.41 Å². The van der Waals surface area contributed by atoms with Gasteiger partial charge in [0.1, 0.15) is 5.75 Å². The predicted octanol–water partition coefficient (Wildman–Crippen LogP) is 6.98. The number of hydrogen-bond donors (Lipinski definition) is 0. The first-order valence-corrected chi connectivity index (χ1v) is 11.0. The number of nitro benzene ring substituents is 1. The van der Waals surface area contributed by atoms with Gasteiger partial charge in [-0.05, 0) is 72.7 Å². The molecule has 5 heteroatoms. The SMILES string of the molecule is CC1(C)c2ccccc2N(c2ccccc2)[C@@]12C=Cc1c(ccc3cc([N+](=O)[O-])ccc13)O2. The van der Waals surface area contributed by atoms with Crippen LogP contribution in [0.1, 0.15) is 25.0 Å². The number of nitrogens with zero attached hydrogens (tertiary/aromatic N) is 2. The molecule has 1 atom stereocenters. The third kappa shape index (κ3) is 2.59. The molecule has 0 saturated heterocycles. The molecule has 2 aliphatic heterocycles. The molecular formula is C28H22N2O3. The number of anilines is 2. The Bertz CT molecular complexity index is 1460. The van der Waals surface area contributed by atoms with Crippen LogP contribution < -0.4 is 9.64 Å². The van der Waals surface area contributed by atoms with Gasteiger partial charge in [-0.25, -0.2) is 0 Å². The van der Waals surface area contributed by atoms with Gasteiger partial charge in [0.25, 0.3) is 5.69 Å². The minimum atomic E-state index is -0.764. The van der Waals surface area contributed by atoms with Gasteiger partial charge in [-0.15, -0.1) is 0 Å². The summed E-state index contributed by atoms with van der Waals surface area (Å²) < 4.78 is 6.94. The van der Waals surface area contributed by atoms with Crippen LogP contribution in [0.5, 0.6) is 5.75 Å². The van der Waals surface area contributed by atoms with Crippen molar-refractivity contribution in [3.8, 4) is 5.75 Å². The highest BCUT2D eigenvalue weighted by molar-refractivity contribution is 5.95. The van der Waals surface area contributed by atoms with Crippen LogP contribution in [0.15, 0.2) is 91.0 Å². The molecule has 0 unspecified atom stereocenters. The summed E-state index contributed by atoms with van der Waals surface area (Å²) in [4.78, 5) is 13.1. The van der Waals surface area contributed by atoms with E-state index in [0.717, 1.165) is 33.5 Å². The molecule has 4 aromatic carbocycles. The minimum absolute atomic E-state index is 0.0854. The number of non-ortho nitro benzene ring substituents is 1. The van der Waals surface area contributed by atoms with E-state index in [1.165, 1.54) is 5.56 Å². The topological polar surface area (TPSA) is 55.6 Å². The third-order valence-electron chi connectivity index (χ3n) is 7.02. The average Bonchev–Trinajstić information content (AvgIpc) is 3.02. The van der Waals surface area contributed by atoms with Gasteiger partial charge in [0, 0.05) is 29.1 Å². The first kappa shape index (κ1) is 19.6. The Morgan fingerprint density at radius 2 is 1.67 bits per heavy atom. The molecule has 0 bridgehead atoms. The van der Waals surface area contributed by atoms with E-state index >= 15 is 0 Å². The van der Waals surface area contributed by atoms with Crippen LogP contribution in [0, 0.1) is 10.1 Å². The molecule has 0 aromatic heterocycles. The third-order valence-corrected chi connectivity index (χ3v) is 7.02. The van der Waals surface area contributed by atoms with Crippen molar-refractivity contribution in [2.75, 3.05) is 4.90 Å². The molecule has 2 aliphatic rings. The monoisotopic (exact) mass is 434 g/mol. The molecule has 0 radical (unpaired) electrons. The first-order chi connectivity index (χ1) is 15.9. The van der Waals surface area contributed by atoms with Gasteiger partial charge in [-0.1, -0.05) is 42.5 Å². The van der Waals surface area contributed by atoms with Crippen LogP contribution in [0.25, 0.3) is 16.8 Å². The number of ether oxygens (including phenoxy) is 1. The predicted molar refractivity (Wildman–Crippen MR) is 131 cm³/mol. The number of para-hydroxylation sites is 2. The molecule has 0 N–H and O–H groups in total. The van der Waals surface area contributed by atoms with E-state index in [9.17, 15) is 10.1 Å². The number of hydrogen-bond acceptors (Lipinski definition) is 4. The van der Waals surface area contributed by atoms with Crippen molar-refractivity contribution in [1.82, 2.24) is 0 Å². The summed E-state index contributed by atoms with van der Waals surface area (Å²) in [6.45, 7) is 4.43. The van der Waals surface area contributed by atoms with Gasteiger partial charge >= 0.3 is 0 Å². The van der Waals surface area contributed by atoms with Gasteiger partial charge in [-0.3, -0.25) is 15.0 Å². The lowest BCUT2D eigenvalue weighted by molar-refractivity contribution is -0.384. The maximum Gasteiger partial charge on any atom is 0.270 e. The summed E-state index contributed by atoms with van der Waals surface area (Å²) >= 11 is 0. The number of fused-ring (bicyclic) bond motifs is 4. The molecule has 4 aromatic rings. The molecule has 2 heterocycles. The molecule has 0 aliphatic carbocycles. The van der Waals surface area contributed by atoms with Crippen molar-refractivity contribution in [2.45, 2.75) is 25.0 Å². The molecule has 5 nitrogen and oxygen atoms in total. The van der Waals surface area contributed by atoms with Gasteiger partial charge in [0.2, 0.25) is 5.72 Å². The van der Waals surface area contributed by atoms with Crippen molar-refractivity contribution in [3.05, 3.63) is 112 Å². The Balaban J connectivity index is 1.56. The van der Waals surface area contributed by atoms with Crippen LogP contribution in [0.2, 0.25) is 0 Å². The maximum atomic E-state index is 11.2. The summed E-state index contributed by atoms with van der Waals surface area (Å²) in [5, 5.41) is 13.0. The molecule has 1 spiro atoms. The zero-order chi connectivity index (χ0) is 22.8. The van der Waals surface area contributed by atoms with Gasteiger partial charge in [-0.2, -0.15) is 0 Å². The Morgan fingerprint density at radius 3 is 2.45 bits per heavy atom. The van der Waals surface area contributed by atoms with E-state index in [0.29, 0.717) is 0 Å². The zero-order valence-electron chi connectivity index (χ0n) is 18.4. The summed E-state index contributed by atoms with van der Waals surface area (Å²) in [5.74, 6) is 0.765. The fraction of sp³-hybridized carbons (Fsp3) is 0.143. The van der Waals surface area contributed by atoms with Crippen molar-refractivity contribution in [3.63, 3.8) is 0 Å². The lowest BCUT2D eigenvalue weighted by Crippen LogP contribution is -2.57. The second-order valence-corrected chi connectivity index (χ2v) is 9.08. The fourth-order valence-electron chi connectivity index (χ4n) is 5.31. The van der Waals surface area contributed by atoms with Gasteiger partial charge in [0.05, 0.1) is 10.3 Å². The molecule has 0 fully saturated rings. The van der Waals surface area contributed by atoms with E-state index in [1.807, 2.05) is 36.4 Å². The van der Waals surface area contributed by atoms with E-state index < -0.39 is 5.72 Å². The Labute approximate surface area is 191 Å². The average molecular weight is 434 g/mol. The van der Waals surface area contributed by atoms with Crippen LogP contribution in [0.4, 0.5) is 17.1 Å². The first-order valence-electron chi connectivity index (χ1n) is 11.0. The summed E-state index contributed by atoms with van der Waals surface area (Å²) in [5.41, 5.74) is 3.31. The molecule has 162 valence electrons. The van der Waals surface area contributed by atoms with Crippen molar-refractivity contribution < 1.29 is 9.66 Å². The Kier molecular flexibility index (Phi) is 3.96. The van der Waals surface area contributed by atoms with E-state index in [-0.39, 0.29) is 16.0 Å². The standard InChI is InChI=1S/C28H22N2O3/c1-27(2)24-10-6-7-11-25(24)29(20-8-4-3-5-9-20)28(27)17-16-23-22-14-13-21(30(31)32)18-19(22)12-15-26(23)33-28/h3-18H,1-2H3/t28-/m1/s1. The number of benzene rings is 4. The van der Waals surface area contributed by atoms with Crippen molar-refractivity contribution >= 4 is 33.9 Å². The van der Waals surface area contributed by atoms with Crippen LogP contribution in [-0.4, -0.2) is 10.6 Å². The van der Waals surface area contributed by atoms with E-state index in [1.54, 1.807) is 12.1 Å². The van der Waals surface area contributed by atoms with E-state index in [4.69, 9.17) is 4.74 Å². The molecule has 0 saturated carbocycles. The van der Waals surface area contributed by atoms with Crippen molar-refractivity contribution in [1.29, 1.82) is 0 Å². The lowest BCUT2D eigenvalue weighted by atomic mass is 9.76. The highest BCUT2D eigenvalue weighted by Crippen LogP contribution is 2.57. The van der Waals surface area contributed by atoms with Crippen LogP contribution in [0.3, 0.4) is 0 Å². The highest BCUT2D eigenvalue weighted by atomic mass is 16.6. The maximum absolute atomic E-state index is 11.2.